The number of anilines is 1. The van der Waals surface area contributed by atoms with Crippen molar-refractivity contribution in [1.82, 2.24) is 14.8 Å². The van der Waals surface area contributed by atoms with Crippen LogP contribution in [0, 0.1) is 15.5 Å². The molecule has 0 bridgehead atoms. The number of nitrogens with zero attached hydrogens (tertiary/aromatic N) is 4. The Labute approximate surface area is 185 Å². The molecular weight excluding hydrogens is 414 g/mol. The number of carbonyl (C=O) groups is 1. The molecule has 1 aromatic carbocycles. The van der Waals surface area contributed by atoms with Crippen LogP contribution in [0.25, 0.3) is 0 Å². The molecular formula is C22H27N5O3S. The van der Waals surface area contributed by atoms with Crippen LogP contribution in [0.5, 0.6) is 0 Å². The van der Waals surface area contributed by atoms with E-state index >= 15 is 0 Å². The van der Waals surface area contributed by atoms with Crippen LogP contribution in [0.2, 0.25) is 0 Å². The molecule has 2 aromatic rings. The fourth-order valence-electron chi connectivity index (χ4n) is 4.25. The third-order valence-electron chi connectivity index (χ3n) is 5.71. The van der Waals surface area contributed by atoms with Crippen molar-refractivity contribution in [3.63, 3.8) is 0 Å². The summed E-state index contributed by atoms with van der Waals surface area (Å²) in [5.41, 5.74) is 2.25. The monoisotopic (exact) mass is 441 g/mol. The van der Waals surface area contributed by atoms with Gasteiger partial charge in [-0.3, -0.25) is 14.9 Å². The van der Waals surface area contributed by atoms with Gasteiger partial charge in [0.25, 0.3) is 5.69 Å². The molecule has 0 saturated heterocycles. The van der Waals surface area contributed by atoms with E-state index in [0.29, 0.717) is 23.1 Å². The number of allylic oxidation sites excluding steroid dienone is 2. The second-order valence-electron chi connectivity index (χ2n) is 8.93. The van der Waals surface area contributed by atoms with E-state index in [9.17, 15) is 14.9 Å². The van der Waals surface area contributed by atoms with Crippen molar-refractivity contribution in [2.24, 2.45) is 5.41 Å². The van der Waals surface area contributed by atoms with Crippen LogP contribution in [-0.2, 0) is 4.79 Å². The summed E-state index contributed by atoms with van der Waals surface area (Å²) in [4.78, 5) is 28.5. The van der Waals surface area contributed by atoms with Gasteiger partial charge in [-0.1, -0.05) is 45.4 Å². The van der Waals surface area contributed by atoms with Crippen LogP contribution < -0.4 is 5.32 Å². The zero-order valence-electron chi connectivity index (χ0n) is 18.1. The molecule has 164 valence electrons. The van der Waals surface area contributed by atoms with Gasteiger partial charge in [0.15, 0.2) is 5.78 Å². The summed E-state index contributed by atoms with van der Waals surface area (Å²) in [6.07, 6.45) is 4.63. The number of carbonyl (C=O) groups excluding carboxylic acids is 1. The molecule has 2 aliphatic rings. The average molecular weight is 442 g/mol. The lowest BCUT2D eigenvalue weighted by Gasteiger charge is -2.38. The first-order valence-electron chi connectivity index (χ1n) is 10.7. The van der Waals surface area contributed by atoms with Crippen molar-refractivity contribution >= 4 is 29.2 Å². The summed E-state index contributed by atoms with van der Waals surface area (Å²) >= 11 is 1.62. The smallest absolute Gasteiger partial charge is 0.269 e. The predicted molar refractivity (Wildman–Crippen MR) is 120 cm³/mol. The zero-order valence-corrected chi connectivity index (χ0v) is 18.9. The number of hydrogen-bond donors (Lipinski definition) is 1. The maximum absolute atomic E-state index is 13.2. The highest BCUT2D eigenvalue weighted by molar-refractivity contribution is 7.99. The van der Waals surface area contributed by atoms with Crippen molar-refractivity contribution in [2.45, 2.75) is 64.1 Å². The van der Waals surface area contributed by atoms with Gasteiger partial charge in [-0.2, -0.15) is 4.98 Å². The summed E-state index contributed by atoms with van der Waals surface area (Å²) in [6, 6.07) is 5.95. The van der Waals surface area contributed by atoms with Gasteiger partial charge in [-0.05, 0) is 36.0 Å². The normalized spacial score (nSPS) is 19.6. The van der Waals surface area contributed by atoms with E-state index in [1.807, 2.05) is 0 Å². The molecule has 0 unspecified atom stereocenters. The summed E-state index contributed by atoms with van der Waals surface area (Å²) in [7, 11) is 0. The number of rotatable bonds is 7. The standard InChI is InChI=1S/C22H27N5O3S/c1-4-5-6-11-31-21-24-20-23-16-12-22(2,3)13-17(28)18(16)19(26(20)25-21)14-7-9-15(10-8-14)27(29)30/h7-10,19H,4-6,11-13H2,1-3H3,(H,23,24,25)/t19-/m0/s1. The second-order valence-corrected chi connectivity index (χ2v) is 9.99. The number of non-ortho nitro benzene ring substituents is 1. The van der Waals surface area contributed by atoms with Gasteiger partial charge in [-0.25, -0.2) is 4.68 Å². The summed E-state index contributed by atoms with van der Waals surface area (Å²) in [6.45, 7) is 6.35. The molecule has 0 saturated carbocycles. The number of unbranched alkanes of at least 4 members (excludes halogenated alkanes) is 2. The van der Waals surface area contributed by atoms with Crippen LogP contribution in [0.3, 0.4) is 0 Å². The van der Waals surface area contributed by atoms with Gasteiger partial charge in [0.1, 0.15) is 6.04 Å². The van der Waals surface area contributed by atoms with E-state index in [4.69, 9.17) is 5.10 Å². The van der Waals surface area contributed by atoms with E-state index in [-0.39, 0.29) is 16.9 Å². The minimum atomic E-state index is -0.437. The number of hydrogen-bond acceptors (Lipinski definition) is 7. The quantitative estimate of drug-likeness (QED) is 0.275. The van der Waals surface area contributed by atoms with E-state index in [1.54, 1.807) is 28.6 Å². The number of ketones is 1. The molecule has 9 heteroatoms. The second kappa shape index (κ2) is 8.45. The molecule has 0 radical (unpaired) electrons. The van der Waals surface area contributed by atoms with Crippen LogP contribution in [-0.4, -0.2) is 31.2 Å². The first-order valence-corrected chi connectivity index (χ1v) is 11.6. The fraction of sp³-hybridized carbons (Fsp3) is 0.500. The van der Waals surface area contributed by atoms with E-state index in [0.717, 1.165) is 36.3 Å². The third kappa shape index (κ3) is 4.37. The molecule has 1 aliphatic carbocycles. The Balaban J connectivity index is 1.74. The number of fused-ring (bicyclic) bond motifs is 1. The highest BCUT2D eigenvalue weighted by Gasteiger charge is 2.41. The number of nitrogens with one attached hydrogen (secondary N) is 1. The number of thioether (sulfide) groups is 1. The molecule has 0 spiro atoms. The van der Waals surface area contributed by atoms with Crippen LogP contribution in [0.4, 0.5) is 11.6 Å². The Morgan fingerprint density at radius 2 is 2.00 bits per heavy atom. The molecule has 1 atom stereocenters. The van der Waals surface area contributed by atoms with Gasteiger partial charge in [-0.15, -0.1) is 5.10 Å². The Bertz CT molecular complexity index is 1040. The predicted octanol–water partition coefficient (Wildman–Crippen LogP) is 5.13. The Morgan fingerprint density at radius 3 is 2.68 bits per heavy atom. The molecule has 2 heterocycles. The molecule has 8 nitrogen and oxygen atoms in total. The molecule has 0 amide bonds. The number of nitro groups is 1. The molecule has 1 aromatic heterocycles. The minimum Gasteiger partial charge on any atom is -0.328 e. The first-order chi connectivity index (χ1) is 14.8. The van der Waals surface area contributed by atoms with Crippen LogP contribution in [0.15, 0.2) is 40.7 Å². The number of benzene rings is 1. The van der Waals surface area contributed by atoms with E-state index in [2.05, 4.69) is 31.1 Å². The van der Waals surface area contributed by atoms with Crippen LogP contribution >= 0.6 is 11.8 Å². The van der Waals surface area contributed by atoms with Gasteiger partial charge in [0.2, 0.25) is 11.1 Å². The topological polar surface area (TPSA) is 103 Å². The lowest BCUT2D eigenvalue weighted by atomic mass is 9.73. The lowest BCUT2D eigenvalue weighted by molar-refractivity contribution is -0.384. The summed E-state index contributed by atoms with van der Waals surface area (Å²) in [5, 5.41) is 19.8. The van der Waals surface area contributed by atoms with Gasteiger partial charge >= 0.3 is 0 Å². The summed E-state index contributed by atoms with van der Waals surface area (Å²) < 4.78 is 1.76. The fourth-order valence-corrected chi connectivity index (χ4v) is 5.08. The van der Waals surface area contributed by atoms with E-state index < -0.39 is 11.0 Å². The molecule has 0 fully saturated rings. The average Bonchev–Trinajstić information content (AvgIpc) is 3.11. The molecule has 1 aliphatic heterocycles. The highest BCUT2D eigenvalue weighted by Crippen LogP contribution is 2.45. The van der Waals surface area contributed by atoms with Crippen molar-refractivity contribution in [2.75, 3.05) is 11.1 Å². The molecule has 4 rings (SSSR count). The van der Waals surface area contributed by atoms with Crippen molar-refractivity contribution < 1.29 is 9.72 Å². The summed E-state index contributed by atoms with van der Waals surface area (Å²) in [5.74, 6) is 1.64. The molecule has 31 heavy (non-hydrogen) atoms. The minimum absolute atomic E-state index is 0.0222. The Morgan fingerprint density at radius 1 is 1.26 bits per heavy atom. The third-order valence-corrected chi connectivity index (χ3v) is 6.64. The van der Waals surface area contributed by atoms with Gasteiger partial charge < -0.3 is 5.32 Å². The van der Waals surface area contributed by atoms with Crippen molar-refractivity contribution in [3.8, 4) is 0 Å². The lowest BCUT2D eigenvalue weighted by Crippen LogP contribution is -2.36. The highest BCUT2D eigenvalue weighted by atomic mass is 32.2. The van der Waals surface area contributed by atoms with E-state index in [1.165, 1.54) is 18.6 Å². The largest absolute Gasteiger partial charge is 0.328 e. The number of nitro benzene ring substituents is 1. The maximum Gasteiger partial charge on any atom is 0.269 e. The number of Topliss-reactive ketones (excluding diaryl/α,β-unsaturated/α-hetero) is 1. The SMILES string of the molecule is CCCCCSc1nc2n(n1)[C@@H](c1ccc([N+](=O)[O-])cc1)C1=C(CC(C)(C)CC1=O)N2. The Kier molecular flexibility index (Phi) is 5.88. The van der Waals surface area contributed by atoms with Crippen molar-refractivity contribution in [3.05, 3.63) is 51.2 Å². The van der Waals surface area contributed by atoms with Gasteiger partial charge in [0.05, 0.1) is 4.92 Å². The Hall–Kier alpha value is -2.68. The van der Waals surface area contributed by atoms with Crippen LogP contribution in [0.1, 0.15) is 64.5 Å². The first kappa shape index (κ1) is 21.5. The zero-order chi connectivity index (χ0) is 22.2. The maximum atomic E-state index is 13.2. The van der Waals surface area contributed by atoms with Gasteiger partial charge in [0, 0.05) is 35.6 Å². The molecule has 1 N–H and O–H groups in total. The van der Waals surface area contributed by atoms with Crippen molar-refractivity contribution in [1.29, 1.82) is 0 Å². The number of aromatic nitrogens is 3.